The maximum absolute atomic E-state index is 6.09. The van der Waals surface area contributed by atoms with Crippen molar-refractivity contribution in [1.82, 2.24) is 20.2 Å². The minimum atomic E-state index is 0.260. The molecule has 0 fully saturated rings. The summed E-state index contributed by atoms with van der Waals surface area (Å²) in [4.78, 5) is 9.47. The van der Waals surface area contributed by atoms with Crippen LogP contribution in [-0.2, 0) is 6.42 Å². The summed E-state index contributed by atoms with van der Waals surface area (Å²) < 4.78 is 0. The van der Waals surface area contributed by atoms with Gasteiger partial charge in [0.1, 0.15) is 10.0 Å². The van der Waals surface area contributed by atoms with E-state index in [0.717, 1.165) is 32.4 Å². The normalized spacial score (nSPS) is 11.5. The Bertz CT molecular complexity index is 845. The van der Waals surface area contributed by atoms with Crippen LogP contribution in [0.1, 0.15) is 41.2 Å². The van der Waals surface area contributed by atoms with Crippen LogP contribution in [0.25, 0.3) is 11.0 Å². The van der Waals surface area contributed by atoms with E-state index >= 15 is 0 Å². The van der Waals surface area contributed by atoms with Gasteiger partial charge in [0.05, 0.1) is 32.5 Å². The molecule has 114 valence electrons. The van der Waals surface area contributed by atoms with Gasteiger partial charge in [-0.1, -0.05) is 37.0 Å². The monoisotopic (exact) mass is 352 g/mol. The average Bonchev–Trinajstić information content (AvgIpc) is 2.85. The van der Waals surface area contributed by atoms with E-state index < -0.39 is 0 Å². The van der Waals surface area contributed by atoms with E-state index in [4.69, 9.17) is 33.2 Å². The van der Waals surface area contributed by atoms with Crippen molar-refractivity contribution in [3.05, 3.63) is 43.6 Å². The molecule has 3 rings (SSSR count). The highest BCUT2D eigenvalue weighted by molar-refractivity contribution is 7.11. The molecule has 0 aliphatic rings. The Kier molecular flexibility index (Phi) is 4.30. The highest BCUT2D eigenvalue weighted by atomic mass is 35.5. The zero-order valence-corrected chi connectivity index (χ0v) is 14.7. The fraction of sp³-hybridized carbons (Fsp3) is 0.333. The van der Waals surface area contributed by atoms with Crippen molar-refractivity contribution in [2.75, 3.05) is 0 Å². The third-order valence-corrected chi connectivity index (χ3v) is 4.80. The first-order valence-electron chi connectivity index (χ1n) is 6.88. The van der Waals surface area contributed by atoms with Crippen LogP contribution < -0.4 is 0 Å². The lowest BCUT2D eigenvalue weighted by Gasteiger charge is -2.12. The molecule has 0 aliphatic heterocycles. The number of fused-ring (bicyclic) bond motifs is 1. The summed E-state index contributed by atoms with van der Waals surface area (Å²) in [6, 6.07) is 3.52. The highest BCUT2D eigenvalue weighted by Crippen LogP contribution is 2.29. The number of hydrogen-bond acceptors (Lipinski definition) is 5. The Morgan fingerprint density at radius 1 is 1.05 bits per heavy atom. The SMILES string of the molecule is Cc1nnc(Cc2nc3cc(Cl)c(Cl)cc3nc2C(C)C)s1. The second-order valence-corrected chi connectivity index (χ2v) is 7.44. The first-order chi connectivity index (χ1) is 10.4. The second kappa shape index (κ2) is 6.07. The van der Waals surface area contributed by atoms with Gasteiger partial charge in [0.2, 0.25) is 0 Å². The van der Waals surface area contributed by atoms with Crippen molar-refractivity contribution in [1.29, 1.82) is 0 Å². The van der Waals surface area contributed by atoms with Crippen LogP contribution in [-0.4, -0.2) is 20.2 Å². The van der Waals surface area contributed by atoms with Crippen molar-refractivity contribution in [3.63, 3.8) is 0 Å². The molecule has 2 aromatic heterocycles. The van der Waals surface area contributed by atoms with Crippen LogP contribution in [0.15, 0.2) is 12.1 Å². The van der Waals surface area contributed by atoms with Crippen LogP contribution >= 0.6 is 34.5 Å². The van der Waals surface area contributed by atoms with Gasteiger partial charge in [-0.15, -0.1) is 21.5 Å². The summed E-state index contributed by atoms with van der Waals surface area (Å²) in [7, 11) is 0. The van der Waals surface area contributed by atoms with Gasteiger partial charge in [0.15, 0.2) is 0 Å². The molecular formula is C15H14Cl2N4S. The Morgan fingerprint density at radius 2 is 1.68 bits per heavy atom. The third-order valence-electron chi connectivity index (χ3n) is 3.24. The van der Waals surface area contributed by atoms with E-state index in [1.165, 1.54) is 0 Å². The molecule has 0 unspecified atom stereocenters. The summed E-state index contributed by atoms with van der Waals surface area (Å²) in [5.41, 5.74) is 3.38. The molecule has 0 amide bonds. The number of rotatable bonds is 3. The summed E-state index contributed by atoms with van der Waals surface area (Å²) >= 11 is 13.7. The standard InChI is InChI=1S/C15H14Cl2N4S/c1-7(2)15-13(6-14-21-20-8(3)22-14)18-11-4-9(16)10(17)5-12(11)19-15/h4-5,7H,6H2,1-3H3. The number of aromatic nitrogens is 4. The van der Waals surface area contributed by atoms with Crippen molar-refractivity contribution >= 4 is 45.6 Å². The predicted octanol–water partition coefficient (Wildman–Crippen LogP) is 4.81. The van der Waals surface area contributed by atoms with E-state index in [2.05, 4.69) is 24.0 Å². The molecule has 0 aliphatic carbocycles. The molecule has 7 heteroatoms. The largest absolute Gasteiger partial charge is 0.249 e. The number of halogens is 2. The molecule has 22 heavy (non-hydrogen) atoms. The predicted molar refractivity (Wildman–Crippen MR) is 91.1 cm³/mol. The van der Waals surface area contributed by atoms with Gasteiger partial charge in [-0.25, -0.2) is 9.97 Å². The molecule has 1 aromatic carbocycles. The maximum Gasteiger partial charge on any atom is 0.123 e. The Morgan fingerprint density at radius 3 is 2.23 bits per heavy atom. The van der Waals surface area contributed by atoms with Crippen LogP contribution in [0, 0.1) is 6.92 Å². The zero-order valence-electron chi connectivity index (χ0n) is 12.4. The topological polar surface area (TPSA) is 51.6 Å². The number of aryl methyl sites for hydroxylation is 1. The molecule has 2 heterocycles. The quantitative estimate of drug-likeness (QED) is 0.678. The lowest BCUT2D eigenvalue weighted by atomic mass is 10.1. The number of hydrogen-bond donors (Lipinski definition) is 0. The second-order valence-electron chi connectivity index (χ2n) is 5.36. The third kappa shape index (κ3) is 3.07. The first kappa shape index (κ1) is 15.6. The lowest BCUT2D eigenvalue weighted by molar-refractivity contribution is 0.792. The molecule has 0 saturated carbocycles. The van der Waals surface area contributed by atoms with Gasteiger partial charge < -0.3 is 0 Å². The van der Waals surface area contributed by atoms with E-state index in [-0.39, 0.29) is 5.92 Å². The molecule has 0 atom stereocenters. The molecule has 4 nitrogen and oxygen atoms in total. The summed E-state index contributed by atoms with van der Waals surface area (Å²) in [6.45, 7) is 6.14. The van der Waals surface area contributed by atoms with Gasteiger partial charge in [0.25, 0.3) is 0 Å². The van der Waals surface area contributed by atoms with Crippen LogP contribution in [0.2, 0.25) is 10.0 Å². The van der Waals surface area contributed by atoms with Gasteiger partial charge in [-0.2, -0.15) is 0 Å². The van der Waals surface area contributed by atoms with Crippen molar-refractivity contribution in [2.45, 2.75) is 33.1 Å². The molecule has 0 N–H and O–H groups in total. The minimum Gasteiger partial charge on any atom is -0.249 e. The van der Waals surface area contributed by atoms with Gasteiger partial charge in [0, 0.05) is 6.42 Å². The van der Waals surface area contributed by atoms with E-state index in [0.29, 0.717) is 16.5 Å². The van der Waals surface area contributed by atoms with Gasteiger partial charge >= 0.3 is 0 Å². The van der Waals surface area contributed by atoms with Crippen LogP contribution in [0.3, 0.4) is 0 Å². The fourth-order valence-corrected chi connectivity index (χ4v) is 3.28. The van der Waals surface area contributed by atoms with Crippen LogP contribution in [0.5, 0.6) is 0 Å². The summed E-state index contributed by atoms with van der Waals surface area (Å²) in [6.07, 6.45) is 0.627. The first-order valence-corrected chi connectivity index (χ1v) is 8.46. The lowest BCUT2D eigenvalue weighted by Crippen LogP contribution is -2.05. The van der Waals surface area contributed by atoms with Gasteiger partial charge in [-0.05, 0) is 25.0 Å². The van der Waals surface area contributed by atoms with E-state index in [9.17, 15) is 0 Å². The van der Waals surface area contributed by atoms with Crippen molar-refractivity contribution in [3.8, 4) is 0 Å². The number of nitrogens with zero attached hydrogens (tertiary/aromatic N) is 4. The molecule has 0 radical (unpaired) electrons. The molecule has 0 spiro atoms. The molecule has 0 bridgehead atoms. The zero-order chi connectivity index (χ0) is 15.9. The summed E-state index contributed by atoms with van der Waals surface area (Å²) in [5.74, 6) is 0.260. The maximum atomic E-state index is 6.09. The Hall–Kier alpha value is -1.30. The smallest absolute Gasteiger partial charge is 0.123 e. The molecule has 3 aromatic rings. The average molecular weight is 353 g/mol. The van der Waals surface area contributed by atoms with Crippen molar-refractivity contribution in [2.24, 2.45) is 0 Å². The Balaban J connectivity index is 2.14. The minimum absolute atomic E-state index is 0.260. The molecule has 0 saturated heterocycles. The summed E-state index contributed by atoms with van der Waals surface area (Å²) in [5, 5.41) is 11.1. The highest BCUT2D eigenvalue weighted by Gasteiger charge is 2.15. The fourth-order valence-electron chi connectivity index (χ4n) is 2.25. The Labute approximate surface area is 142 Å². The van der Waals surface area contributed by atoms with E-state index in [1.807, 2.05) is 6.92 Å². The van der Waals surface area contributed by atoms with Crippen molar-refractivity contribution < 1.29 is 0 Å². The van der Waals surface area contributed by atoms with Crippen LogP contribution in [0.4, 0.5) is 0 Å². The molecular weight excluding hydrogens is 339 g/mol. The van der Waals surface area contributed by atoms with Gasteiger partial charge in [-0.3, -0.25) is 0 Å². The number of benzene rings is 1. The van der Waals surface area contributed by atoms with E-state index in [1.54, 1.807) is 23.5 Å².